The summed E-state index contributed by atoms with van der Waals surface area (Å²) in [4.78, 5) is 18.5. The van der Waals surface area contributed by atoms with Crippen LogP contribution in [0.15, 0.2) is 21.9 Å². The van der Waals surface area contributed by atoms with Crippen molar-refractivity contribution in [1.82, 2.24) is 5.48 Å². The zero-order valence-electron chi connectivity index (χ0n) is 12.9. The highest BCUT2D eigenvalue weighted by atomic mass is 32.2. The lowest BCUT2D eigenvalue weighted by atomic mass is 10.0. The van der Waals surface area contributed by atoms with Crippen LogP contribution in [0.25, 0.3) is 5.70 Å². The summed E-state index contributed by atoms with van der Waals surface area (Å²) in [5, 5.41) is 9.49. The molecule has 0 radical (unpaired) electrons. The van der Waals surface area contributed by atoms with Crippen molar-refractivity contribution in [3.63, 3.8) is 0 Å². The molecule has 0 unspecified atom stereocenters. The summed E-state index contributed by atoms with van der Waals surface area (Å²) in [5.74, 6) is -0.239. The van der Waals surface area contributed by atoms with Crippen LogP contribution in [0.3, 0.4) is 0 Å². The molecule has 7 heteroatoms. The van der Waals surface area contributed by atoms with Crippen molar-refractivity contribution in [2.24, 2.45) is 0 Å². The Kier molecular flexibility index (Phi) is 5.66. The van der Waals surface area contributed by atoms with E-state index >= 15 is 0 Å². The highest BCUT2D eigenvalue weighted by molar-refractivity contribution is 7.99. The number of rotatable bonds is 6. The number of fused-ring (bicyclic) bond motifs is 1. The number of hydrogen-bond acceptors (Lipinski definition) is 6. The third kappa shape index (κ3) is 3.37. The zero-order valence-corrected chi connectivity index (χ0v) is 14.6. The van der Waals surface area contributed by atoms with E-state index in [1.54, 1.807) is 6.07 Å². The molecule has 0 amide bonds. The second-order valence-corrected chi connectivity index (χ2v) is 6.53. The van der Waals surface area contributed by atoms with Gasteiger partial charge in [0.15, 0.2) is 0 Å². The minimum Gasteiger partial charge on any atom is -0.488 e. The molecule has 1 aromatic carbocycles. The highest BCUT2D eigenvalue weighted by Crippen LogP contribution is 2.44. The largest absolute Gasteiger partial charge is 0.488 e. The van der Waals surface area contributed by atoms with Crippen molar-refractivity contribution in [3.8, 4) is 5.75 Å². The monoisotopic (exact) mass is 341 g/mol. The predicted octanol–water partition coefficient (Wildman–Crippen LogP) is 3.49. The maximum absolute atomic E-state index is 11.6. The van der Waals surface area contributed by atoms with Crippen LogP contribution in [0.5, 0.6) is 5.75 Å². The molecule has 0 spiro atoms. The van der Waals surface area contributed by atoms with E-state index in [4.69, 9.17) is 9.57 Å². The zero-order chi connectivity index (χ0) is 16.3. The molecule has 0 atom stereocenters. The normalized spacial score (nSPS) is 13.4. The van der Waals surface area contributed by atoms with E-state index in [0.717, 1.165) is 16.2 Å². The molecule has 22 heavy (non-hydrogen) atoms. The summed E-state index contributed by atoms with van der Waals surface area (Å²) in [5.41, 5.74) is 4.71. The number of hydroxylamine groups is 1. The molecule has 1 aliphatic rings. The fraction of sp³-hybridized carbons (Fsp3) is 0.400. The van der Waals surface area contributed by atoms with Gasteiger partial charge in [0, 0.05) is 4.90 Å². The van der Waals surface area contributed by atoms with Crippen molar-refractivity contribution >= 4 is 35.2 Å². The molecular weight excluding hydrogens is 322 g/mol. The smallest absolute Gasteiger partial charge is 0.336 e. The molecule has 0 saturated heterocycles. The van der Waals surface area contributed by atoms with Gasteiger partial charge in [0.1, 0.15) is 12.4 Å². The molecule has 1 heterocycles. The molecule has 0 aliphatic carbocycles. The van der Waals surface area contributed by atoms with Gasteiger partial charge in [0.2, 0.25) is 0 Å². The lowest BCUT2D eigenvalue weighted by molar-refractivity contribution is 0.0266. The number of carboxylic acids is 1. The molecule has 5 nitrogen and oxygen atoms in total. The van der Waals surface area contributed by atoms with Gasteiger partial charge < -0.3 is 9.84 Å². The molecule has 0 aromatic heterocycles. The van der Waals surface area contributed by atoms with Gasteiger partial charge in [-0.2, -0.15) is 0 Å². The summed E-state index contributed by atoms with van der Waals surface area (Å²) in [6.07, 6.45) is 5.63. The van der Waals surface area contributed by atoms with Crippen molar-refractivity contribution in [2.75, 3.05) is 19.1 Å². The van der Waals surface area contributed by atoms with Crippen LogP contribution >= 0.6 is 23.5 Å². The Morgan fingerprint density at radius 2 is 2.14 bits per heavy atom. The maximum Gasteiger partial charge on any atom is 0.336 e. The molecule has 2 rings (SSSR count). The fourth-order valence-electron chi connectivity index (χ4n) is 2.12. The van der Waals surface area contributed by atoms with E-state index in [1.165, 1.54) is 23.5 Å². The van der Waals surface area contributed by atoms with Crippen LogP contribution in [-0.4, -0.2) is 36.3 Å². The number of benzene rings is 1. The summed E-state index contributed by atoms with van der Waals surface area (Å²) in [7, 11) is 0. The summed E-state index contributed by atoms with van der Waals surface area (Å²) in [6.45, 7) is 4.26. The lowest BCUT2D eigenvalue weighted by Crippen LogP contribution is -2.22. The molecular formula is C15H19NO4S2. The third-order valence-corrected chi connectivity index (χ3v) is 4.62. The van der Waals surface area contributed by atoms with Gasteiger partial charge in [0.05, 0.1) is 27.8 Å². The van der Waals surface area contributed by atoms with Crippen LogP contribution in [0, 0.1) is 0 Å². The number of thioether (sulfide) groups is 2. The lowest BCUT2D eigenvalue weighted by Gasteiger charge is -2.25. The van der Waals surface area contributed by atoms with Crippen LogP contribution < -0.4 is 10.2 Å². The summed E-state index contributed by atoms with van der Waals surface area (Å²) >= 11 is 2.86. The Hall–Kier alpha value is -1.31. The van der Waals surface area contributed by atoms with Crippen molar-refractivity contribution < 1.29 is 19.5 Å². The maximum atomic E-state index is 11.6. The molecule has 0 bridgehead atoms. The third-order valence-electron chi connectivity index (χ3n) is 3.04. The molecule has 120 valence electrons. The van der Waals surface area contributed by atoms with E-state index in [-0.39, 0.29) is 11.7 Å². The van der Waals surface area contributed by atoms with Crippen LogP contribution in [0.2, 0.25) is 0 Å². The van der Waals surface area contributed by atoms with Gasteiger partial charge in [-0.05, 0) is 38.5 Å². The Morgan fingerprint density at radius 1 is 1.41 bits per heavy atom. The SMILES string of the molecule is CSc1cc(C(=O)O)c(SC)c2c1OCC=C2NOC(C)C. The standard InChI is InChI=1S/C15H19NO4S2/c1-8(2)20-16-10-5-6-19-13-11(21-3)7-9(15(17)18)14(22-4)12(10)13/h5,7-8,16H,6H2,1-4H3,(H,17,18). The molecule has 1 aromatic rings. The van der Waals surface area contributed by atoms with Gasteiger partial charge in [-0.3, -0.25) is 10.3 Å². The number of ether oxygens (including phenoxy) is 1. The first kappa shape index (κ1) is 17.1. The second-order valence-electron chi connectivity index (χ2n) is 4.87. The summed E-state index contributed by atoms with van der Waals surface area (Å²) in [6, 6.07) is 1.67. The van der Waals surface area contributed by atoms with E-state index in [1.807, 2.05) is 32.4 Å². The Balaban J connectivity index is 2.60. The Labute approximate surface area is 138 Å². The average Bonchev–Trinajstić information content (AvgIpc) is 2.50. The first-order chi connectivity index (χ1) is 10.5. The van der Waals surface area contributed by atoms with Crippen LogP contribution in [-0.2, 0) is 4.84 Å². The second kappa shape index (κ2) is 7.30. The van der Waals surface area contributed by atoms with Gasteiger partial charge in [-0.15, -0.1) is 23.5 Å². The topological polar surface area (TPSA) is 67.8 Å². The Morgan fingerprint density at radius 3 is 2.68 bits per heavy atom. The Bertz CT molecular complexity index is 614. The van der Waals surface area contributed by atoms with Crippen LogP contribution in [0.4, 0.5) is 0 Å². The van der Waals surface area contributed by atoms with Gasteiger partial charge >= 0.3 is 5.97 Å². The highest BCUT2D eigenvalue weighted by Gasteiger charge is 2.26. The number of carbonyl (C=O) groups is 1. The van der Waals surface area contributed by atoms with E-state index < -0.39 is 5.97 Å². The average molecular weight is 341 g/mol. The predicted molar refractivity (Wildman–Crippen MR) is 89.8 cm³/mol. The van der Waals surface area contributed by atoms with Gasteiger partial charge in [-0.1, -0.05) is 0 Å². The van der Waals surface area contributed by atoms with Gasteiger partial charge in [0.25, 0.3) is 0 Å². The number of aromatic carboxylic acids is 1. The van der Waals surface area contributed by atoms with E-state index in [0.29, 0.717) is 17.3 Å². The number of hydrogen-bond donors (Lipinski definition) is 2. The van der Waals surface area contributed by atoms with Gasteiger partial charge in [-0.25, -0.2) is 4.79 Å². The minimum absolute atomic E-state index is 0.00704. The minimum atomic E-state index is -0.947. The molecule has 1 aliphatic heterocycles. The molecule has 0 fully saturated rings. The van der Waals surface area contributed by atoms with E-state index in [2.05, 4.69) is 5.48 Å². The van der Waals surface area contributed by atoms with Crippen molar-refractivity contribution in [3.05, 3.63) is 23.3 Å². The van der Waals surface area contributed by atoms with Crippen molar-refractivity contribution in [2.45, 2.75) is 29.7 Å². The molecule has 0 saturated carbocycles. The first-order valence-electron chi connectivity index (χ1n) is 6.76. The van der Waals surface area contributed by atoms with Crippen LogP contribution in [0.1, 0.15) is 29.8 Å². The fourth-order valence-corrected chi connectivity index (χ4v) is 3.47. The van der Waals surface area contributed by atoms with E-state index in [9.17, 15) is 9.90 Å². The summed E-state index contributed by atoms with van der Waals surface area (Å²) < 4.78 is 5.76. The van der Waals surface area contributed by atoms with Crippen molar-refractivity contribution in [1.29, 1.82) is 0 Å². The number of carboxylic acid groups (broad SMARTS) is 1. The number of nitrogens with one attached hydrogen (secondary N) is 1. The quantitative estimate of drug-likeness (QED) is 0.606. The molecule has 2 N–H and O–H groups in total. The first-order valence-corrected chi connectivity index (χ1v) is 9.21.